The third-order valence-electron chi connectivity index (χ3n) is 5.38. The number of hydrogen-bond donors (Lipinski definition) is 1. The fraction of sp³-hybridized carbons (Fsp3) is 0.333. The Hall–Kier alpha value is -1.48. The SMILES string of the molecule is CCC(c1ccc(Cl)c(Cl)c1)n1c2c(c3ccccc31)CCCC2N. The maximum absolute atomic E-state index is 6.57. The first kappa shape index (κ1) is 17.0. The van der Waals surface area contributed by atoms with Crippen molar-refractivity contribution < 1.29 is 0 Å². The Balaban J connectivity index is 1.98. The number of para-hydroxylation sites is 1. The van der Waals surface area contributed by atoms with Crippen LogP contribution >= 0.6 is 23.2 Å². The van der Waals surface area contributed by atoms with Crippen LogP contribution in [0.4, 0.5) is 0 Å². The molecule has 2 nitrogen and oxygen atoms in total. The Labute approximate surface area is 158 Å². The lowest BCUT2D eigenvalue weighted by Crippen LogP contribution is -2.23. The first-order valence-electron chi connectivity index (χ1n) is 8.94. The van der Waals surface area contributed by atoms with E-state index in [0.717, 1.165) is 25.7 Å². The molecule has 0 saturated heterocycles. The minimum atomic E-state index is 0.0907. The number of benzene rings is 2. The predicted octanol–water partition coefficient (Wildman–Crippen LogP) is 6.28. The second kappa shape index (κ2) is 6.68. The van der Waals surface area contributed by atoms with Gasteiger partial charge in [0.25, 0.3) is 0 Å². The quantitative estimate of drug-likeness (QED) is 0.575. The zero-order valence-electron chi connectivity index (χ0n) is 14.3. The Bertz CT molecular complexity index is 929. The second-order valence-corrected chi connectivity index (χ2v) is 7.66. The molecule has 0 bridgehead atoms. The van der Waals surface area contributed by atoms with Crippen molar-refractivity contribution in [2.24, 2.45) is 5.73 Å². The van der Waals surface area contributed by atoms with E-state index >= 15 is 0 Å². The Morgan fingerprint density at radius 2 is 1.96 bits per heavy atom. The van der Waals surface area contributed by atoms with Crippen LogP contribution in [0.25, 0.3) is 10.9 Å². The number of nitrogens with two attached hydrogens (primary N) is 1. The van der Waals surface area contributed by atoms with Crippen LogP contribution in [0.1, 0.15) is 55.1 Å². The molecular weight excluding hydrogens is 351 g/mol. The molecule has 4 rings (SSSR count). The van der Waals surface area contributed by atoms with E-state index in [1.807, 2.05) is 12.1 Å². The smallest absolute Gasteiger partial charge is 0.0595 e. The fourth-order valence-corrected chi connectivity index (χ4v) is 4.58. The van der Waals surface area contributed by atoms with E-state index in [1.165, 1.54) is 27.7 Å². The van der Waals surface area contributed by atoms with Crippen molar-refractivity contribution >= 4 is 34.1 Å². The largest absolute Gasteiger partial charge is 0.335 e. The van der Waals surface area contributed by atoms with Gasteiger partial charge in [-0.1, -0.05) is 54.4 Å². The van der Waals surface area contributed by atoms with E-state index in [1.54, 1.807) is 0 Å². The van der Waals surface area contributed by atoms with Gasteiger partial charge < -0.3 is 10.3 Å². The molecular formula is C21H22Cl2N2. The van der Waals surface area contributed by atoms with E-state index in [2.05, 4.69) is 41.8 Å². The van der Waals surface area contributed by atoms with Crippen molar-refractivity contribution in [3.05, 3.63) is 69.3 Å². The number of nitrogens with zero attached hydrogens (tertiary/aromatic N) is 1. The van der Waals surface area contributed by atoms with Gasteiger partial charge in [0.1, 0.15) is 0 Å². The lowest BCUT2D eigenvalue weighted by Gasteiger charge is -2.28. The highest BCUT2D eigenvalue weighted by Gasteiger charge is 2.28. The zero-order chi connectivity index (χ0) is 17.6. The van der Waals surface area contributed by atoms with Gasteiger partial charge in [0, 0.05) is 22.6 Å². The molecule has 0 radical (unpaired) electrons. The summed E-state index contributed by atoms with van der Waals surface area (Å²) in [5.74, 6) is 0. The fourth-order valence-electron chi connectivity index (χ4n) is 4.28. The van der Waals surface area contributed by atoms with Gasteiger partial charge in [-0.2, -0.15) is 0 Å². The third kappa shape index (κ3) is 2.77. The van der Waals surface area contributed by atoms with E-state index in [-0.39, 0.29) is 12.1 Å². The average Bonchev–Trinajstić information content (AvgIpc) is 2.95. The molecule has 1 aromatic heterocycles. The summed E-state index contributed by atoms with van der Waals surface area (Å²) < 4.78 is 2.45. The molecule has 4 heteroatoms. The van der Waals surface area contributed by atoms with Gasteiger partial charge in [-0.25, -0.2) is 0 Å². The number of halogens is 2. The molecule has 0 spiro atoms. The van der Waals surface area contributed by atoms with Gasteiger partial charge in [-0.05, 0) is 55.0 Å². The summed E-state index contributed by atoms with van der Waals surface area (Å²) in [5, 5.41) is 2.54. The number of aromatic nitrogens is 1. The maximum atomic E-state index is 6.57. The normalized spacial score (nSPS) is 18.3. The van der Waals surface area contributed by atoms with Crippen molar-refractivity contribution in [3.63, 3.8) is 0 Å². The van der Waals surface area contributed by atoms with E-state index < -0.39 is 0 Å². The van der Waals surface area contributed by atoms with E-state index in [4.69, 9.17) is 28.9 Å². The number of aryl methyl sites for hydroxylation is 1. The zero-order valence-corrected chi connectivity index (χ0v) is 15.8. The molecule has 1 aliphatic carbocycles. The number of hydrogen-bond acceptors (Lipinski definition) is 1. The Morgan fingerprint density at radius 1 is 1.16 bits per heavy atom. The summed E-state index contributed by atoms with van der Waals surface area (Å²) in [4.78, 5) is 0. The number of fused-ring (bicyclic) bond motifs is 3. The van der Waals surface area contributed by atoms with Crippen LogP contribution in [0.5, 0.6) is 0 Å². The summed E-state index contributed by atoms with van der Waals surface area (Å²) in [6.45, 7) is 2.21. The standard InChI is InChI=1S/C21H22Cl2N2/c1-2-19(13-10-11-16(22)17(23)12-13)25-20-9-4-3-6-14(20)15-7-5-8-18(24)21(15)25/h3-4,6,9-12,18-19H,2,5,7-8,24H2,1H3. The van der Waals surface area contributed by atoms with Crippen LogP contribution < -0.4 is 5.73 Å². The van der Waals surface area contributed by atoms with Gasteiger partial charge in [0.15, 0.2) is 0 Å². The molecule has 1 heterocycles. The summed E-state index contributed by atoms with van der Waals surface area (Å²) in [5.41, 5.74) is 11.7. The molecule has 0 aliphatic heterocycles. The molecule has 0 amide bonds. The van der Waals surface area contributed by atoms with Gasteiger partial charge in [0.05, 0.1) is 16.1 Å². The second-order valence-electron chi connectivity index (χ2n) is 6.85. The lowest BCUT2D eigenvalue weighted by atomic mass is 9.91. The summed E-state index contributed by atoms with van der Waals surface area (Å²) >= 11 is 12.4. The van der Waals surface area contributed by atoms with Crippen molar-refractivity contribution in [1.29, 1.82) is 0 Å². The molecule has 1 aliphatic rings. The van der Waals surface area contributed by atoms with Crippen LogP contribution in [-0.4, -0.2) is 4.57 Å². The lowest BCUT2D eigenvalue weighted by molar-refractivity contribution is 0.489. The third-order valence-corrected chi connectivity index (χ3v) is 6.12. The average molecular weight is 373 g/mol. The molecule has 2 N–H and O–H groups in total. The predicted molar refractivity (Wildman–Crippen MR) is 107 cm³/mol. The summed E-state index contributed by atoms with van der Waals surface area (Å²) in [6.07, 6.45) is 4.27. The highest BCUT2D eigenvalue weighted by molar-refractivity contribution is 6.42. The van der Waals surface area contributed by atoms with Gasteiger partial charge in [0.2, 0.25) is 0 Å². The minimum Gasteiger partial charge on any atom is -0.335 e. The molecule has 0 fully saturated rings. The van der Waals surface area contributed by atoms with Crippen molar-refractivity contribution in [1.82, 2.24) is 4.57 Å². The van der Waals surface area contributed by atoms with E-state index in [9.17, 15) is 0 Å². The first-order valence-corrected chi connectivity index (χ1v) is 9.69. The van der Waals surface area contributed by atoms with Crippen LogP contribution in [0.15, 0.2) is 42.5 Å². The van der Waals surface area contributed by atoms with Crippen molar-refractivity contribution in [2.75, 3.05) is 0 Å². The molecule has 3 aromatic rings. The topological polar surface area (TPSA) is 30.9 Å². The van der Waals surface area contributed by atoms with E-state index in [0.29, 0.717) is 10.0 Å². The van der Waals surface area contributed by atoms with Crippen LogP contribution in [0, 0.1) is 0 Å². The highest BCUT2D eigenvalue weighted by Crippen LogP contribution is 2.41. The summed E-state index contributed by atoms with van der Waals surface area (Å²) in [6, 6.07) is 14.9. The minimum absolute atomic E-state index is 0.0907. The molecule has 2 atom stereocenters. The molecule has 25 heavy (non-hydrogen) atoms. The molecule has 0 saturated carbocycles. The number of rotatable bonds is 3. The Kier molecular flexibility index (Phi) is 4.53. The van der Waals surface area contributed by atoms with Gasteiger partial charge >= 0.3 is 0 Å². The maximum Gasteiger partial charge on any atom is 0.0595 e. The summed E-state index contributed by atoms with van der Waals surface area (Å²) in [7, 11) is 0. The van der Waals surface area contributed by atoms with Gasteiger partial charge in [-0.15, -0.1) is 0 Å². The first-order chi connectivity index (χ1) is 12.1. The molecule has 130 valence electrons. The van der Waals surface area contributed by atoms with Gasteiger partial charge in [-0.3, -0.25) is 0 Å². The highest BCUT2D eigenvalue weighted by atomic mass is 35.5. The Morgan fingerprint density at radius 3 is 2.72 bits per heavy atom. The molecule has 2 unspecified atom stereocenters. The van der Waals surface area contributed by atoms with Crippen LogP contribution in [-0.2, 0) is 6.42 Å². The monoisotopic (exact) mass is 372 g/mol. The van der Waals surface area contributed by atoms with Crippen LogP contribution in [0.3, 0.4) is 0 Å². The molecule has 2 aromatic carbocycles. The van der Waals surface area contributed by atoms with Crippen molar-refractivity contribution in [3.8, 4) is 0 Å². The van der Waals surface area contributed by atoms with Crippen LogP contribution in [0.2, 0.25) is 10.0 Å². The van der Waals surface area contributed by atoms with Crippen molar-refractivity contribution in [2.45, 2.75) is 44.7 Å².